The minimum Gasteiger partial charge on any atom is -0.322 e. The van der Waals surface area contributed by atoms with Crippen molar-refractivity contribution in [2.45, 2.75) is 24.8 Å². The number of hydrogen-bond donors (Lipinski definition) is 2. The SMILES string of the molecule is O=C(CN1C(=O)NC2(CCCc3ccccc32)C1=O)Nc1cccnc1Cl. The monoisotopic (exact) mass is 384 g/mol. The molecular formula is C19H17ClN4O3. The van der Waals surface area contributed by atoms with Crippen LogP contribution in [0.2, 0.25) is 5.15 Å². The highest BCUT2D eigenvalue weighted by molar-refractivity contribution is 6.32. The molecule has 2 heterocycles. The number of amides is 4. The van der Waals surface area contributed by atoms with Gasteiger partial charge < -0.3 is 10.6 Å². The van der Waals surface area contributed by atoms with E-state index >= 15 is 0 Å². The van der Waals surface area contributed by atoms with Crippen LogP contribution in [0.25, 0.3) is 0 Å². The van der Waals surface area contributed by atoms with E-state index in [2.05, 4.69) is 15.6 Å². The molecule has 2 aliphatic rings. The maximum Gasteiger partial charge on any atom is 0.325 e. The Kier molecular flexibility index (Phi) is 4.31. The van der Waals surface area contributed by atoms with Crippen LogP contribution in [0.15, 0.2) is 42.6 Å². The third-order valence-corrected chi connectivity index (χ3v) is 5.29. The molecule has 2 N–H and O–H groups in total. The molecule has 0 bridgehead atoms. The van der Waals surface area contributed by atoms with E-state index in [0.29, 0.717) is 12.1 Å². The van der Waals surface area contributed by atoms with Gasteiger partial charge in [-0.3, -0.25) is 14.5 Å². The van der Waals surface area contributed by atoms with Crippen LogP contribution in [0, 0.1) is 0 Å². The van der Waals surface area contributed by atoms with Crippen LogP contribution >= 0.6 is 11.6 Å². The van der Waals surface area contributed by atoms with E-state index < -0.39 is 23.4 Å². The minimum atomic E-state index is -1.09. The molecule has 8 heteroatoms. The van der Waals surface area contributed by atoms with Crippen LogP contribution in [0.4, 0.5) is 10.5 Å². The van der Waals surface area contributed by atoms with Crippen molar-refractivity contribution < 1.29 is 14.4 Å². The largest absolute Gasteiger partial charge is 0.325 e. The molecule has 1 fully saturated rings. The van der Waals surface area contributed by atoms with E-state index in [1.54, 1.807) is 12.1 Å². The van der Waals surface area contributed by atoms with Crippen molar-refractivity contribution in [3.8, 4) is 0 Å². The van der Waals surface area contributed by atoms with Crippen molar-refractivity contribution in [2.24, 2.45) is 0 Å². The van der Waals surface area contributed by atoms with Gasteiger partial charge in [-0.2, -0.15) is 0 Å². The highest BCUT2D eigenvalue weighted by atomic mass is 35.5. The number of rotatable bonds is 3. The molecule has 0 radical (unpaired) electrons. The molecule has 4 rings (SSSR count). The third-order valence-electron chi connectivity index (χ3n) is 4.99. The van der Waals surface area contributed by atoms with Gasteiger partial charge in [-0.05, 0) is 42.5 Å². The lowest BCUT2D eigenvalue weighted by atomic mass is 9.76. The van der Waals surface area contributed by atoms with Crippen molar-refractivity contribution in [1.82, 2.24) is 15.2 Å². The second-order valence-corrected chi connectivity index (χ2v) is 6.99. The summed E-state index contributed by atoms with van der Waals surface area (Å²) in [5, 5.41) is 5.55. The number of imide groups is 1. The van der Waals surface area contributed by atoms with Gasteiger partial charge >= 0.3 is 6.03 Å². The first-order chi connectivity index (χ1) is 13.0. The minimum absolute atomic E-state index is 0.140. The predicted molar refractivity (Wildman–Crippen MR) is 99.2 cm³/mol. The molecule has 138 valence electrons. The number of aromatic nitrogens is 1. The Morgan fingerprint density at radius 1 is 1.26 bits per heavy atom. The van der Waals surface area contributed by atoms with Gasteiger partial charge in [0.05, 0.1) is 5.69 Å². The average molecular weight is 385 g/mol. The van der Waals surface area contributed by atoms with Crippen molar-refractivity contribution in [3.05, 3.63) is 58.9 Å². The number of carbonyl (C=O) groups excluding carboxylic acids is 3. The van der Waals surface area contributed by atoms with Gasteiger partial charge in [0.15, 0.2) is 5.15 Å². The molecule has 0 saturated carbocycles. The number of carbonyl (C=O) groups is 3. The molecule has 1 aromatic carbocycles. The quantitative estimate of drug-likeness (QED) is 0.628. The zero-order chi connectivity index (χ0) is 19.0. The fraction of sp³-hybridized carbons (Fsp3) is 0.263. The Hall–Kier alpha value is -2.93. The summed E-state index contributed by atoms with van der Waals surface area (Å²) in [6, 6.07) is 10.3. The summed E-state index contributed by atoms with van der Waals surface area (Å²) in [7, 11) is 0. The molecule has 1 aromatic heterocycles. The zero-order valence-corrected chi connectivity index (χ0v) is 15.1. The van der Waals surface area contributed by atoms with E-state index in [1.165, 1.54) is 6.20 Å². The number of hydrogen-bond acceptors (Lipinski definition) is 4. The molecule has 1 saturated heterocycles. The van der Waals surface area contributed by atoms with Gasteiger partial charge in [-0.25, -0.2) is 9.78 Å². The van der Waals surface area contributed by atoms with Gasteiger partial charge in [0.1, 0.15) is 12.1 Å². The van der Waals surface area contributed by atoms with Crippen LogP contribution < -0.4 is 10.6 Å². The van der Waals surface area contributed by atoms with Gasteiger partial charge in [0.25, 0.3) is 5.91 Å². The number of benzene rings is 1. The lowest BCUT2D eigenvalue weighted by Crippen LogP contribution is -2.47. The number of pyridine rings is 1. The summed E-state index contributed by atoms with van der Waals surface area (Å²) in [6.07, 6.45) is 3.66. The van der Waals surface area contributed by atoms with Crippen LogP contribution in [-0.4, -0.2) is 34.3 Å². The molecule has 27 heavy (non-hydrogen) atoms. The second-order valence-electron chi connectivity index (χ2n) is 6.63. The molecule has 1 spiro atoms. The summed E-state index contributed by atoms with van der Waals surface area (Å²) in [4.78, 5) is 42.8. The maximum atomic E-state index is 13.1. The molecule has 1 unspecified atom stereocenters. The number of nitrogens with one attached hydrogen (secondary N) is 2. The fourth-order valence-corrected chi connectivity index (χ4v) is 3.93. The molecular weight excluding hydrogens is 368 g/mol. The van der Waals surface area contributed by atoms with Crippen LogP contribution in [0.3, 0.4) is 0 Å². The van der Waals surface area contributed by atoms with E-state index in [-0.39, 0.29) is 11.7 Å². The summed E-state index contributed by atoms with van der Waals surface area (Å²) in [6.45, 7) is -0.389. The van der Waals surface area contributed by atoms with Gasteiger partial charge in [-0.15, -0.1) is 0 Å². The number of nitrogens with zero attached hydrogens (tertiary/aromatic N) is 2. The fourth-order valence-electron chi connectivity index (χ4n) is 3.77. The number of fused-ring (bicyclic) bond motifs is 2. The predicted octanol–water partition coefficient (Wildman–Crippen LogP) is 2.46. The van der Waals surface area contributed by atoms with E-state index in [4.69, 9.17) is 11.6 Å². The Balaban J connectivity index is 1.56. The Bertz CT molecular complexity index is 948. The van der Waals surface area contributed by atoms with Crippen LogP contribution in [0.1, 0.15) is 24.0 Å². The Labute approximate surface area is 160 Å². The van der Waals surface area contributed by atoms with Gasteiger partial charge in [0, 0.05) is 6.20 Å². The average Bonchev–Trinajstić information content (AvgIpc) is 2.89. The number of anilines is 1. The van der Waals surface area contributed by atoms with Crippen LogP contribution in [0.5, 0.6) is 0 Å². The highest BCUT2D eigenvalue weighted by Crippen LogP contribution is 2.39. The van der Waals surface area contributed by atoms with Crippen molar-refractivity contribution >= 4 is 35.1 Å². The third kappa shape index (κ3) is 2.94. The first-order valence-electron chi connectivity index (χ1n) is 8.64. The number of halogens is 1. The second kappa shape index (κ2) is 6.66. The molecule has 1 atom stereocenters. The topological polar surface area (TPSA) is 91.4 Å². The lowest BCUT2D eigenvalue weighted by molar-refractivity contribution is -0.134. The summed E-state index contributed by atoms with van der Waals surface area (Å²) in [5.74, 6) is -0.915. The zero-order valence-electron chi connectivity index (χ0n) is 14.4. The Morgan fingerprint density at radius 3 is 2.89 bits per heavy atom. The lowest BCUT2D eigenvalue weighted by Gasteiger charge is -2.33. The summed E-state index contributed by atoms with van der Waals surface area (Å²) in [5.41, 5.74) is 1.10. The van der Waals surface area contributed by atoms with Crippen molar-refractivity contribution in [3.63, 3.8) is 0 Å². The number of aryl methyl sites for hydroxylation is 1. The first kappa shape index (κ1) is 17.5. The first-order valence-corrected chi connectivity index (χ1v) is 9.02. The van der Waals surface area contributed by atoms with E-state index in [9.17, 15) is 14.4 Å². The normalized spacial score (nSPS) is 21.1. The molecule has 1 aliphatic heterocycles. The molecule has 7 nitrogen and oxygen atoms in total. The standard InChI is InChI=1S/C19H17ClN4O3/c20-16-14(8-4-10-21-16)22-15(25)11-24-17(26)19(23-18(24)27)9-3-6-12-5-1-2-7-13(12)19/h1-2,4-5,7-8,10H,3,6,9,11H2,(H,22,25)(H,23,27). The van der Waals surface area contributed by atoms with E-state index in [1.807, 2.05) is 24.3 Å². The summed E-state index contributed by atoms with van der Waals surface area (Å²) < 4.78 is 0. The molecule has 2 aromatic rings. The van der Waals surface area contributed by atoms with E-state index in [0.717, 1.165) is 28.9 Å². The summed E-state index contributed by atoms with van der Waals surface area (Å²) >= 11 is 5.93. The van der Waals surface area contributed by atoms with Gasteiger partial charge in [-0.1, -0.05) is 35.9 Å². The molecule has 1 aliphatic carbocycles. The molecule has 4 amide bonds. The Morgan fingerprint density at radius 2 is 2.07 bits per heavy atom. The van der Waals surface area contributed by atoms with Crippen molar-refractivity contribution in [2.75, 3.05) is 11.9 Å². The highest BCUT2D eigenvalue weighted by Gasteiger charge is 2.54. The smallest absolute Gasteiger partial charge is 0.322 e. The number of urea groups is 1. The maximum absolute atomic E-state index is 13.1. The van der Waals surface area contributed by atoms with Crippen LogP contribution in [-0.2, 0) is 21.5 Å². The van der Waals surface area contributed by atoms with Gasteiger partial charge in [0.2, 0.25) is 5.91 Å². The van der Waals surface area contributed by atoms with Crippen molar-refractivity contribution in [1.29, 1.82) is 0 Å².